The molecule has 0 spiro atoms. The van der Waals surface area contributed by atoms with Gasteiger partial charge in [0, 0.05) is 16.7 Å². The van der Waals surface area contributed by atoms with Crippen molar-refractivity contribution in [2.45, 2.75) is 6.54 Å². The topological polar surface area (TPSA) is 17.8 Å². The van der Waals surface area contributed by atoms with Crippen LogP contribution in [0, 0.1) is 5.82 Å². The van der Waals surface area contributed by atoms with Crippen LogP contribution in [0.4, 0.5) is 4.39 Å². The van der Waals surface area contributed by atoms with E-state index >= 15 is 0 Å². The van der Waals surface area contributed by atoms with Crippen LogP contribution in [0.5, 0.6) is 0 Å². The van der Waals surface area contributed by atoms with Crippen LogP contribution in [0.15, 0.2) is 33.5 Å². The van der Waals surface area contributed by atoms with Crippen molar-refractivity contribution in [3.05, 3.63) is 49.9 Å². The van der Waals surface area contributed by atoms with E-state index < -0.39 is 0 Å². The van der Waals surface area contributed by atoms with Gasteiger partial charge in [-0.1, -0.05) is 17.7 Å². The van der Waals surface area contributed by atoms with Crippen molar-refractivity contribution in [2.75, 3.05) is 0 Å². The van der Waals surface area contributed by atoms with E-state index in [1.165, 1.54) is 6.07 Å². The molecule has 0 aliphatic rings. The van der Waals surface area contributed by atoms with Crippen LogP contribution in [0.3, 0.4) is 0 Å². The molecule has 0 radical (unpaired) electrons. The summed E-state index contributed by atoms with van der Waals surface area (Å²) < 4.78 is 16.6. The lowest BCUT2D eigenvalue weighted by atomic mass is 10.2. The maximum atomic E-state index is 13.5. The Hall–Kier alpha value is -0.390. The van der Waals surface area contributed by atoms with Gasteiger partial charge in [-0.2, -0.15) is 5.10 Å². The summed E-state index contributed by atoms with van der Waals surface area (Å²) in [5, 5.41) is 4.55. The first-order valence-electron chi connectivity index (χ1n) is 4.39. The summed E-state index contributed by atoms with van der Waals surface area (Å²) in [7, 11) is 0. The molecule has 0 aliphatic heterocycles. The van der Waals surface area contributed by atoms with Crippen molar-refractivity contribution < 1.29 is 4.39 Å². The summed E-state index contributed by atoms with van der Waals surface area (Å²) in [6.45, 7) is 0.289. The fraction of sp³-hybridized carbons (Fsp3) is 0.100. The molecule has 0 bridgehead atoms. The average Bonchev–Trinajstić information content (AvgIpc) is 2.51. The molecule has 0 atom stereocenters. The predicted molar refractivity (Wildman–Crippen MR) is 68.1 cm³/mol. The maximum absolute atomic E-state index is 13.5. The highest BCUT2D eigenvalue weighted by atomic mass is 79.9. The van der Waals surface area contributed by atoms with E-state index in [-0.39, 0.29) is 12.4 Å². The second kappa shape index (κ2) is 4.85. The zero-order valence-electron chi connectivity index (χ0n) is 7.92. The minimum absolute atomic E-state index is 0.289. The summed E-state index contributed by atoms with van der Waals surface area (Å²) in [4.78, 5) is 0. The Morgan fingerprint density at radius 3 is 2.69 bits per heavy atom. The Kier molecular flexibility index (Phi) is 3.66. The molecule has 6 heteroatoms. The molecule has 16 heavy (non-hydrogen) atoms. The molecule has 0 aliphatic carbocycles. The zero-order chi connectivity index (χ0) is 11.7. The van der Waals surface area contributed by atoms with Gasteiger partial charge in [0.15, 0.2) is 0 Å². The maximum Gasteiger partial charge on any atom is 0.129 e. The lowest BCUT2D eigenvalue weighted by Gasteiger charge is -2.06. The fourth-order valence-corrected chi connectivity index (χ4v) is 2.67. The first kappa shape index (κ1) is 12.1. The Morgan fingerprint density at radius 1 is 1.38 bits per heavy atom. The third-order valence-corrected chi connectivity index (χ3v) is 3.45. The van der Waals surface area contributed by atoms with E-state index in [1.54, 1.807) is 22.9 Å². The van der Waals surface area contributed by atoms with Gasteiger partial charge in [-0.25, -0.2) is 4.39 Å². The summed E-state index contributed by atoms with van der Waals surface area (Å²) >= 11 is 12.5. The molecule has 2 rings (SSSR count). The zero-order valence-corrected chi connectivity index (χ0v) is 11.9. The molecular formula is C10H6Br2ClFN2. The van der Waals surface area contributed by atoms with Crippen LogP contribution in [0.2, 0.25) is 5.02 Å². The molecule has 0 saturated carbocycles. The van der Waals surface area contributed by atoms with Crippen molar-refractivity contribution in [3.8, 4) is 0 Å². The molecule has 0 N–H and O–H groups in total. The van der Waals surface area contributed by atoms with Crippen molar-refractivity contribution in [2.24, 2.45) is 0 Å². The minimum atomic E-state index is -0.328. The largest absolute Gasteiger partial charge is 0.253 e. The molecule has 0 unspecified atom stereocenters. The van der Waals surface area contributed by atoms with Crippen LogP contribution >= 0.6 is 43.5 Å². The molecule has 2 nitrogen and oxygen atoms in total. The molecule has 84 valence electrons. The van der Waals surface area contributed by atoms with Crippen molar-refractivity contribution >= 4 is 43.5 Å². The highest BCUT2D eigenvalue weighted by molar-refractivity contribution is 9.11. The Labute approximate surface area is 114 Å². The Bertz CT molecular complexity index is 507. The summed E-state index contributed by atoms with van der Waals surface area (Å²) in [5.41, 5.74) is 0.431. The van der Waals surface area contributed by atoms with E-state index in [1.807, 2.05) is 0 Å². The highest BCUT2D eigenvalue weighted by Gasteiger charge is 2.10. The van der Waals surface area contributed by atoms with Gasteiger partial charge in [0.05, 0.1) is 6.54 Å². The van der Waals surface area contributed by atoms with Crippen molar-refractivity contribution in [1.29, 1.82) is 0 Å². The van der Waals surface area contributed by atoms with Crippen LogP contribution < -0.4 is 0 Å². The molecular weight excluding hydrogens is 362 g/mol. The van der Waals surface area contributed by atoms with Crippen LogP contribution in [-0.2, 0) is 6.54 Å². The lowest BCUT2D eigenvalue weighted by Crippen LogP contribution is -2.04. The van der Waals surface area contributed by atoms with Gasteiger partial charge in [0.25, 0.3) is 0 Å². The van der Waals surface area contributed by atoms with Gasteiger partial charge in [-0.3, -0.25) is 4.68 Å². The second-order valence-electron chi connectivity index (χ2n) is 3.15. The van der Waals surface area contributed by atoms with Crippen molar-refractivity contribution in [1.82, 2.24) is 9.78 Å². The monoisotopic (exact) mass is 366 g/mol. The second-order valence-corrected chi connectivity index (χ2v) is 5.18. The smallest absolute Gasteiger partial charge is 0.129 e. The standard InChI is InChI=1S/C10H6Br2ClFN2/c11-9-4-10(12)16(15-9)5-6-7(13)2-1-3-8(6)14/h1-4H,5H2. The molecule has 0 fully saturated rings. The molecule has 1 heterocycles. The van der Waals surface area contributed by atoms with E-state index in [2.05, 4.69) is 37.0 Å². The summed E-state index contributed by atoms with van der Waals surface area (Å²) in [6.07, 6.45) is 0. The quantitative estimate of drug-likeness (QED) is 0.775. The number of aromatic nitrogens is 2. The van der Waals surface area contributed by atoms with E-state index in [0.717, 1.165) is 4.60 Å². The third kappa shape index (κ3) is 2.47. The third-order valence-electron chi connectivity index (χ3n) is 2.07. The Balaban J connectivity index is 2.37. The lowest BCUT2D eigenvalue weighted by molar-refractivity contribution is 0.580. The molecule has 1 aromatic carbocycles. The first-order valence-corrected chi connectivity index (χ1v) is 6.36. The van der Waals surface area contributed by atoms with E-state index in [0.29, 0.717) is 15.2 Å². The number of hydrogen-bond donors (Lipinski definition) is 0. The van der Waals surface area contributed by atoms with Gasteiger partial charge < -0.3 is 0 Å². The number of hydrogen-bond acceptors (Lipinski definition) is 1. The van der Waals surface area contributed by atoms with Crippen LogP contribution in [0.25, 0.3) is 0 Å². The van der Waals surface area contributed by atoms with Gasteiger partial charge in [-0.15, -0.1) is 0 Å². The molecule has 0 saturated heterocycles. The highest BCUT2D eigenvalue weighted by Crippen LogP contribution is 2.23. The van der Waals surface area contributed by atoms with E-state index in [4.69, 9.17) is 11.6 Å². The number of rotatable bonds is 2. The summed E-state index contributed by atoms with van der Waals surface area (Å²) in [5.74, 6) is -0.328. The van der Waals surface area contributed by atoms with Crippen LogP contribution in [0.1, 0.15) is 5.56 Å². The predicted octanol–water partition coefficient (Wildman–Crippen LogP) is 4.25. The molecule has 0 amide bonds. The Morgan fingerprint density at radius 2 is 2.12 bits per heavy atom. The van der Waals surface area contributed by atoms with Gasteiger partial charge >= 0.3 is 0 Å². The number of halogens is 4. The van der Waals surface area contributed by atoms with Gasteiger partial charge in [0.1, 0.15) is 15.0 Å². The number of benzene rings is 1. The molecule has 2 aromatic rings. The van der Waals surface area contributed by atoms with Crippen LogP contribution in [-0.4, -0.2) is 9.78 Å². The first-order chi connectivity index (χ1) is 7.58. The number of nitrogens with zero attached hydrogens (tertiary/aromatic N) is 2. The average molecular weight is 368 g/mol. The van der Waals surface area contributed by atoms with E-state index in [9.17, 15) is 4.39 Å². The minimum Gasteiger partial charge on any atom is -0.253 e. The molecule has 1 aromatic heterocycles. The normalized spacial score (nSPS) is 10.8. The summed E-state index contributed by atoms with van der Waals surface area (Å²) in [6, 6.07) is 6.41. The van der Waals surface area contributed by atoms with Crippen molar-refractivity contribution in [3.63, 3.8) is 0 Å². The fourth-order valence-electron chi connectivity index (χ4n) is 1.31. The van der Waals surface area contributed by atoms with Gasteiger partial charge in [-0.05, 0) is 44.0 Å². The van der Waals surface area contributed by atoms with Gasteiger partial charge in [0.2, 0.25) is 0 Å². The SMILES string of the molecule is Fc1cccc(Cl)c1Cn1nc(Br)cc1Br.